The van der Waals surface area contributed by atoms with Crippen molar-refractivity contribution in [3.63, 3.8) is 0 Å². The van der Waals surface area contributed by atoms with Gasteiger partial charge in [-0.05, 0) is 81.5 Å². The van der Waals surface area contributed by atoms with Gasteiger partial charge in [-0.25, -0.2) is 4.98 Å². The third kappa shape index (κ3) is 9.67. The van der Waals surface area contributed by atoms with E-state index in [0.717, 1.165) is 29.0 Å². The monoisotopic (exact) mass is 675 g/mol. The molecule has 1 aliphatic carbocycles. The normalized spacial score (nSPS) is 18.7. The summed E-state index contributed by atoms with van der Waals surface area (Å²) in [6.07, 6.45) is 1.46. The Hall–Kier alpha value is -3.22. The van der Waals surface area contributed by atoms with Crippen molar-refractivity contribution in [1.82, 2.24) is 14.5 Å². The number of halogens is 3. The highest BCUT2D eigenvalue weighted by Crippen LogP contribution is 2.40. The third-order valence-electron chi connectivity index (χ3n) is 8.58. The fraction of sp³-hybridized carbons (Fsp3) is 0.571. The summed E-state index contributed by atoms with van der Waals surface area (Å²) in [6, 6.07) is 11.9. The largest absolute Gasteiger partial charge is 0.490 e. The predicted octanol–water partition coefficient (Wildman–Crippen LogP) is 8.55. The molecule has 0 unspecified atom stereocenters. The zero-order chi connectivity index (χ0) is 34.2. The maximum absolute atomic E-state index is 14.0. The first kappa shape index (κ1) is 36.6. The molecule has 47 heavy (non-hydrogen) atoms. The first-order chi connectivity index (χ1) is 22.3. The number of pyridine rings is 1. The van der Waals surface area contributed by atoms with Crippen LogP contribution in [-0.4, -0.2) is 61.6 Å². The average molecular weight is 676 g/mol. The van der Waals surface area contributed by atoms with Gasteiger partial charge in [-0.3, -0.25) is 14.3 Å². The van der Waals surface area contributed by atoms with Crippen molar-refractivity contribution in [1.29, 1.82) is 0 Å². The van der Waals surface area contributed by atoms with E-state index in [1.807, 2.05) is 24.3 Å². The molecular weight excluding hydrogens is 627 g/mol. The second kappa shape index (κ2) is 15.8. The van der Waals surface area contributed by atoms with Crippen molar-refractivity contribution in [2.75, 3.05) is 26.9 Å². The Balaban J connectivity index is 1.41. The summed E-state index contributed by atoms with van der Waals surface area (Å²) in [5, 5.41) is 0. The molecular formula is C35H48F3N3O5Si. The lowest BCUT2D eigenvalue weighted by molar-refractivity contribution is -0.163. The third-order valence-corrected chi connectivity index (χ3v) is 10.3. The molecule has 1 aromatic carbocycles. The van der Waals surface area contributed by atoms with Gasteiger partial charge in [0.25, 0.3) is 0 Å². The number of hydrogen-bond donors (Lipinski definition) is 0. The van der Waals surface area contributed by atoms with E-state index < -0.39 is 25.4 Å². The smallest absolute Gasteiger partial charge is 0.433 e. The number of aryl methyl sites for hydroxylation is 1. The van der Waals surface area contributed by atoms with Crippen molar-refractivity contribution in [2.45, 2.75) is 97.1 Å². The van der Waals surface area contributed by atoms with Gasteiger partial charge in [-0.2, -0.15) is 13.2 Å². The minimum Gasteiger partial charge on any atom is -0.490 e. The first-order valence-electron chi connectivity index (χ1n) is 16.4. The van der Waals surface area contributed by atoms with Gasteiger partial charge in [0, 0.05) is 39.1 Å². The Bertz CT molecular complexity index is 1450. The van der Waals surface area contributed by atoms with E-state index in [2.05, 4.69) is 36.5 Å². The van der Waals surface area contributed by atoms with Crippen LogP contribution in [0.25, 0.3) is 22.6 Å². The highest BCUT2D eigenvalue weighted by atomic mass is 28.3. The molecule has 3 aromatic rings. The highest BCUT2D eigenvalue weighted by Gasteiger charge is 2.44. The Morgan fingerprint density at radius 3 is 2.30 bits per heavy atom. The van der Waals surface area contributed by atoms with Crippen LogP contribution in [0.5, 0.6) is 5.75 Å². The number of rotatable bonds is 15. The minimum atomic E-state index is -4.57. The number of benzene rings is 1. The summed E-state index contributed by atoms with van der Waals surface area (Å²) in [6.45, 7) is 10.9. The molecule has 8 nitrogen and oxygen atoms in total. The fourth-order valence-corrected chi connectivity index (χ4v) is 6.57. The van der Waals surface area contributed by atoms with E-state index >= 15 is 0 Å². The number of hydrogen-bond acceptors (Lipinski definition) is 7. The van der Waals surface area contributed by atoms with Crippen LogP contribution in [0.3, 0.4) is 0 Å². The number of carbonyl (C=O) groups is 1. The number of nitrogens with zero attached hydrogens (tertiary/aromatic N) is 3. The molecule has 0 bridgehead atoms. The number of imidazole rings is 1. The summed E-state index contributed by atoms with van der Waals surface area (Å²) < 4.78 is 66.0. The van der Waals surface area contributed by atoms with Crippen LogP contribution >= 0.6 is 0 Å². The first-order valence-corrected chi connectivity index (χ1v) is 20.1. The van der Waals surface area contributed by atoms with Gasteiger partial charge >= 0.3 is 12.1 Å². The Kier molecular flexibility index (Phi) is 12.3. The van der Waals surface area contributed by atoms with Crippen LogP contribution in [0.15, 0.2) is 42.6 Å². The zero-order valence-corrected chi connectivity index (χ0v) is 29.4. The van der Waals surface area contributed by atoms with Crippen molar-refractivity contribution in [3.05, 3.63) is 54.0 Å². The molecule has 1 fully saturated rings. The number of carbonyl (C=O) groups excluding carboxylic acids is 1. The Labute approximate surface area is 277 Å². The van der Waals surface area contributed by atoms with Crippen LogP contribution in [0.4, 0.5) is 13.2 Å². The molecule has 0 radical (unpaired) electrons. The van der Waals surface area contributed by atoms with Crippen molar-refractivity contribution < 1.29 is 36.9 Å². The van der Waals surface area contributed by atoms with E-state index in [-0.39, 0.29) is 30.3 Å². The number of esters is 1. The molecule has 0 spiro atoms. The SMILES string of the molecule is CCCCOC(=O)C1(COC)CCC(Oc2ccc(-c3ccc(-c4nc(C)c(C(F)(F)F)n4COCC[Si](C)(C)C)cn3)cc2)CC1. The molecule has 0 amide bonds. The molecule has 258 valence electrons. The minimum absolute atomic E-state index is 0.0278. The van der Waals surface area contributed by atoms with E-state index in [1.54, 1.807) is 25.4 Å². The molecule has 0 saturated heterocycles. The summed E-state index contributed by atoms with van der Waals surface area (Å²) in [5.74, 6) is 0.702. The van der Waals surface area contributed by atoms with Gasteiger partial charge in [-0.15, -0.1) is 0 Å². The maximum atomic E-state index is 14.0. The van der Waals surface area contributed by atoms with E-state index in [9.17, 15) is 18.0 Å². The molecule has 1 aliphatic rings. The van der Waals surface area contributed by atoms with Crippen LogP contribution in [0.1, 0.15) is 56.8 Å². The van der Waals surface area contributed by atoms with Crippen molar-refractivity contribution >= 4 is 14.0 Å². The number of ether oxygens (including phenoxy) is 4. The Morgan fingerprint density at radius 2 is 1.72 bits per heavy atom. The van der Waals surface area contributed by atoms with Crippen molar-refractivity contribution in [3.8, 4) is 28.4 Å². The lowest BCUT2D eigenvalue weighted by atomic mass is 9.73. The second-order valence-electron chi connectivity index (χ2n) is 13.6. The predicted molar refractivity (Wildman–Crippen MR) is 178 cm³/mol. The lowest BCUT2D eigenvalue weighted by Crippen LogP contribution is -2.42. The van der Waals surface area contributed by atoms with E-state index in [1.165, 1.54) is 6.92 Å². The molecule has 12 heteroatoms. The number of aromatic nitrogens is 3. The molecule has 0 aliphatic heterocycles. The molecule has 4 rings (SSSR count). The fourth-order valence-electron chi connectivity index (χ4n) is 5.81. The number of unbranched alkanes of at least 4 members (excludes halogenated alkanes) is 1. The highest BCUT2D eigenvalue weighted by molar-refractivity contribution is 6.76. The van der Waals surface area contributed by atoms with Crippen LogP contribution in [0, 0.1) is 12.3 Å². The van der Waals surface area contributed by atoms with Crippen molar-refractivity contribution in [2.24, 2.45) is 5.41 Å². The van der Waals surface area contributed by atoms with Crippen LogP contribution < -0.4 is 4.74 Å². The molecule has 0 atom stereocenters. The molecule has 0 N–H and O–H groups in total. The van der Waals surface area contributed by atoms with Gasteiger partial charge < -0.3 is 18.9 Å². The standard InChI is InChI=1S/C35H48F3N3O5Si/c1-7-8-19-45-33(42)34(23-43-3)17-15-29(16-18-34)46-28-12-9-26(10-13-28)30-14-11-27(22-39-30)32-40-25(2)31(35(36,37)38)41(32)24-44-20-21-47(4,5)6/h9-14,22,29H,7-8,15-21,23-24H2,1-6H3. The van der Waals surface area contributed by atoms with Crippen LogP contribution in [0.2, 0.25) is 25.7 Å². The molecule has 2 aromatic heterocycles. The van der Waals surface area contributed by atoms with E-state index in [4.69, 9.17) is 18.9 Å². The van der Waals surface area contributed by atoms with Gasteiger partial charge in [0.05, 0.1) is 36.1 Å². The molecule has 1 saturated carbocycles. The van der Waals surface area contributed by atoms with Gasteiger partial charge in [0.2, 0.25) is 0 Å². The summed E-state index contributed by atoms with van der Waals surface area (Å²) in [5.41, 5.74) is 0.434. The quantitative estimate of drug-likeness (QED) is 0.0907. The summed E-state index contributed by atoms with van der Waals surface area (Å²) in [7, 11) is 0.212. The molecule has 2 heterocycles. The zero-order valence-electron chi connectivity index (χ0n) is 28.4. The lowest BCUT2D eigenvalue weighted by Gasteiger charge is -2.37. The summed E-state index contributed by atoms with van der Waals surface area (Å²) >= 11 is 0. The summed E-state index contributed by atoms with van der Waals surface area (Å²) in [4.78, 5) is 21.7. The Morgan fingerprint density at radius 1 is 1.04 bits per heavy atom. The van der Waals surface area contributed by atoms with Gasteiger partial charge in [-0.1, -0.05) is 33.0 Å². The average Bonchev–Trinajstić information content (AvgIpc) is 3.37. The van der Waals surface area contributed by atoms with Gasteiger partial charge in [0.1, 0.15) is 24.0 Å². The van der Waals surface area contributed by atoms with E-state index in [0.29, 0.717) is 62.5 Å². The van der Waals surface area contributed by atoms with Crippen LogP contribution in [-0.2, 0) is 31.9 Å². The maximum Gasteiger partial charge on any atom is 0.433 e. The topological polar surface area (TPSA) is 84.7 Å². The number of methoxy groups -OCH3 is 1. The number of alkyl halides is 3. The second-order valence-corrected chi connectivity index (χ2v) is 19.2. The van der Waals surface area contributed by atoms with Gasteiger partial charge in [0.15, 0.2) is 0 Å².